The summed E-state index contributed by atoms with van der Waals surface area (Å²) < 4.78 is 7.47. The molecule has 5 heterocycles. The van der Waals surface area contributed by atoms with E-state index in [1.165, 1.54) is 31.4 Å². The molecule has 0 saturated carbocycles. The predicted molar refractivity (Wildman–Crippen MR) is 116 cm³/mol. The molecule has 0 N–H and O–H groups in total. The van der Waals surface area contributed by atoms with Crippen molar-refractivity contribution < 1.29 is 9.21 Å². The molecule has 2 fully saturated rings. The maximum Gasteiger partial charge on any atom is 0.289 e. The molecule has 0 unspecified atom stereocenters. The Kier molecular flexibility index (Phi) is 5.30. The monoisotopic (exact) mass is 423 g/mol. The lowest BCUT2D eigenvalue weighted by Crippen LogP contribution is -2.49. The quantitative estimate of drug-likeness (QED) is 0.758. The largest absolute Gasteiger partial charge is 0.456 e. The summed E-state index contributed by atoms with van der Waals surface area (Å²) in [7, 11) is 0. The second-order valence-corrected chi connectivity index (χ2v) is 9.31. The number of fused-ring (bicyclic) bond motifs is 4. The van der Waals surface area contributed by atoms with E-state index in [0.717, 1.165) is 37.3 Å². The van der Waals surface area contributed by atoms with E-state index in [4.69, 9.17) is 4.42 Å². The van der Waals surface area contributed by atoms with Gasteiger partial charge in [-0.25, -0.2) is 0 Å². The van der Waals surface area contributed by atoms with Crippen LogP contribution in [0.2, 0.25) is 0 Å². The van der Waals surface area contributed by atoms with Gasteiger partial charge in [0.25, 0.3) is 11.5 Å². The lowest BCUT2D eigenvalue weighted by atomic mass is 9.83. The summed E-state index contributed by atoms with van der Waals surface area (Å²) in [6.45, 7) is 6.29. The molecule has 3 aliphatic rings. The highest BCUT2D eigenvalue weighted by Gasteiger charge is 2.37. The number of aromatic nitrogens is 1. The minimum Gasteiger partial charge on any atom is -0.456 e. The van der Waals surface area contributed by atoms with Gasteiger partial charge in [0, 0.05) is 55.5 Å². The van der Waals surface area contributed by atoms with Crippen molar-refractivity contribution in [2.24, 2.45) is 5.92 Å². The van der Waals surface area contributed by atoms with Gasteiger partial charge in [-0.05, 0) is 51.3 Å². The Hall–Kier alpha value is -2.67. The summed E-state index contributed by atoms with van der Waals surface area (Å²) in [5.41, 5.74) is 1.80. The third-order valence-corrected chi connectivity index (χ3v) is 6.91. The molecule has 164 valence electrons. The number of carbonyl (C=O) groups excluding carboxylic acids is 1. The van der Waals surface area contributed by atoms with Crippen molar-refractivity contribution in [2.75, 3.05) is 26.2 Å². The van der Waals surface area contributed by atoms with Crippen LogP contribution >= 0.6 is 0 Å². The highest BCUT2D eigenvalue weighted by Crippen LogP contribution is 2.35. The van der Waals surface area contributed by atoms with E-state index in [1.54, 1.807) is 11.8 Å². The first kappa shape index (κ1) is 20.2. The fraction of sp³-hybridized carbons (Fsp3) is 0.542. The highest BCUT2D eigenvalue weighted by molar-refractivity contribution is 5.91. The molecule has 7 heteroatoms. The van der Waals surface area contributed by atoms with E-state index in [2.05, 4.69) is 11.0 Å². The van der Waals surface area contributed by atoms with Gasteiger partial charge in [0.15, 0.2) is 11.2 Å². The Morgan fingerprint density at radius 2 is 1.87 bits per heavy atom. The predicted octanol–water partition coefficient (Wildman–Crippen LogP) is 2.36. The van der Waals surface area contributed by atoms with Gasteiger partial charge >= 0.3 is 0 Å². The van der Waals surface area contributed by atoms with Crippen LogP contribution in [0.4, 0.5) is 0 Å². The molecule has 2 bridgehead atoms. The molecule has 0 spiro atoms. The maximum atomic E-state index is 13.2. The maximum absolute atomic E-state index is 13.2. The molecular weight excluding hydrogens is 394 g/mol. The number of hydrogen-bond acceptors (Lipinski definition) is 5. The third kappa shape index (κ3) is 3.99. The lowest BCUT2D eigenvalue weighted by molar-refractivity contribution is 0.0559. The first-order valence-electron chi connectivity index (χ1n) is 11.3. The van der Waals surface area contributed by atoms with Crippen molar-refractivity contribution in [2.45, 2.75) is 51.6 Å². The number of pyridine rings is 1. The van der Waals surface area contributed by atoms with Crippen molar-refractivity contribution >= 4 is 5.91 Å². The number of likely N-dealkylation sites (tertiary alicyclic amines) is 2. The van der Waals surface area contributed by atoms with Crippen LogP contribution in [0.3, 0.4) is 0 Å². The van der Waals surface area contributed by atoms with Crippen LogP contribution < -0.4 is 11.0 Å². The highest BCUT2D eigenvalue weighted by atomic mass is 16.3. The van der Waals surface area contributed by atoms with Gasteiger partial charge in [-0.1, -0.05) is 12.5 Å². The van der Waals surface area contributed by atoms with Crippen molar-refractivity contribution in [1.82, 2.24) is 14.4 Å². The topological polar surface area (TPSA) is 75.8 Å². The van der Waals surface area contributed by atoms with E-state index < -0.39 is 0 Å². The molecule has 2 aromatic rings. The Bertz CT molecular complexity index is 1110. The van der Waals surface area contributed by atoms with E-state index in [-0.39, 0.29) is 34.5 Å². The number of aryl methyl sites for hydroxylation is 1. The van der Waals surface area contributed by atoms with Crippen LogP contribution in [-0.2, 0) is 13.1 Å². The first-order chi connectivity index (χ1) is 15.0. The van der Waals surface area contributed by atoms with Crippen molar-refractivity contribution in [3.05, 3.63) is 67.6 Å². The molecule has 2 atom stereocenters. The summed E-state index contributed by atoms with van der Waals surface area (Å²) in [4.78, 5) is 42.2. The molecule has 7 nitrogen and oxygen atoms in total. The van der Waals surface area contributed by atoms with Gasteiger partial charge in [-0.3, -0.25) is 19.3 Å². The van der Waals surface area contributed by atoms with Crippen LogP contribution in [0.15, 0.2) is 38.3 Å². The molecule has 2 aromatic heterocycles. The molecular formula is C24H29N3O4. The van der Waals surface area contributed by atoms with Crippen LogP contribution in [-0.4, -0.2) is 46.5 Å². The van der Waals surface area contributed by atoms with E-state index in [9.17, 15) is 14.4 Å². The number of rotatable bonds is 3. The van der Waals surface area contributed by atoms with Gasteiger partial charge in [-0.2, -0.15) is 0 Å². The van der Waals surface area contributed by atoms with E-state index in [0.29, 0.717) is 25.4 Å². The number of carbonyl (C=O) groups is 1. The van der Waals surface area contributed by atoms with Crippen LogP contribution in [0.25, 0.3) is 0 Å². The van der Waals surface area contributed by atoms with E-state index in [1.807, 2.05) is 10.6 Å². The summed E-state index contributed by atoms with van der Waals surface area (Å²) >= 11 is 0. The normalized spacial score (nSPS) is 23.5. The molecule has 5 rings (SSSR count). The molecule has 1 amide bonds. The SMILES string of the molecule is Cc1cc(=O)cc(C(=O)N2C[C@@H]3C[C@H](C2)c2ccc(CN4CCCCC4)c(=O)n2C3)o1. The zero-order valence-corrected chi connectivity index (χ0v) is 18.0. The van der Waals surface area contributed by atoms with Gasteiger partial charge < -0.3 is 13.9 Å². The molecule has 2 saturated heterocycles. The third-order valence-electron chi connectivity index (χ3n) is 6.91. The zero-order valence-electron chi connectivity index (χ0n) is 18.0. The Morgan fingerprint density at radius 1 is 1.06 bits per heavy atom. The van der Waals surface area contributed by atoms with E-state index >= 15 is 0 Å². The summed E-state index contributed by atoms with van der Waals surface area (Å²) in [5.74, 6) is 0.651. The fourth-order valence-corrected chi connectivity index (χ4v) is 5.50. The number of piperidine rings is 2. The van der Waals surface area contributed by atoms with Crippen molar-refractivity contribution in [3.8, 4) is 0 Å². The average molecular weight is 424 g/mol. The van der Waals surface area contributed by atoms with Crippen molar-refractivity contribution in [1.29, 1.82) is 0 Å². The van der Waals surface area contributed by atoms with Crippen molar-refractivity contribution in [3.63, 3.8) is 0 Å². The number of hydrogen-bond donors (Lipinski definition) is 0. The molecule has 3 aliphatic heterocycles. The summed E-state index contributed by atoms with van der Waals surface area (Å²) in [5, 5.41) is 0. The second-order valence-electron chi connectivity index (χ2n) is 9.31. The molecule has 0 aromatic carbocycles. The second kappa shape index (κ2) is 8.11. The van der Waals surface area contributed by atoms with Crippen LogP contribution in [0, 0.1) is 12.8 Å². The Morgan fingerprint density at radius 3 is 2.65 bits per heavy atom. The number of amides is 1. The van der Waals surface area contributed by atoms with Gasteiger partial charge in [0.2, 0.25) is 0 Å². The minimum absolute atomic E-state index is 0.0965. The molecule has 0 aliphatic carbocycles. The Balaban J connectivity index is 1.38. The average Bonchev–Trinajstić information content (AvgIpc) is 2.75. The molecule has 31 heavy (non-hydrogen) atoms. The first-order valence-corrected chi connectivity index (χ1v) is 11.3. The zero-order chi connectivity index (χ0) is 21.5. The minimum atomic E-state index is -0.243. The standard InChI is InChI=1S/C24H29N3O4/c1-16-9-20(28)11-22(31-16)24(30)26-12-17-10-19(15-26)21-6-5-18(23(29)27(21)13-17)14-25-7-3-2-4-8-25/h5-6,9,11,17,19H,2-4,7-8,10,12-15H2,1H3/t17-,19+/m0/s1. The van der Waals surface area contributed by atoms with Crippen LogP contribution in [0.5, 0.6) is 0 Å². The van der Waals surface area contributed by atoms with Gasteiger partial charge in [0.1, 0.15) is 5.76 Å². The number of nitrogens with zero attached hydrogens (tertiary/aromatic N) is 3. The fourth-order valence-electron chi connectivity index (χ4n) is 5.50. The van der Waals surface area contributed by atoms with Crippen LogP contribution in [0.1, 0.15) is 59.2 Å². The smallest absolute Gasteiger partial charge is 0.289 e. The van der Waals surface area contributed by atoms with Gasteiger partial charge in [-0.15, -0.1) is 0 Å². The van der Waals surface area contributed by atoms with Gasteiger partial charge in [0.05, 0.1) is 0 Å². The summed E-state index contributed by atoms with van der Waals surface area (Å²) in [6.07, 6.45) is 4.68. The lowest BCUT2D eigenvalue weighted by Gasteiger charge is -2.42. The summed E-state index contributed by atoms with van der Waals surface area (Å²) in [6, 6.07) is 6.72. The molecule has 0 radical (unpaired) electrons. The Labute approximate surface area is 181 Å².